The Kier molecular flexibility index (Phi) is 6.69. The zero-order valence-electron chi connectivity index (χ0n) is 15.9. The Morgan fingerprint density at radius 1 is 0.966 bits per heavy atom. The molecular weight excluding hydrogens is 368 g/mol. The van der Waals surface area contributed by atoms with Gasteiger partial charge in [-0.05, 0) is 42.0 Å². The normalized spacial score (nSPS) is 9.93. The summed E-state index contributed by atoms with van der Waals surface area (Å²) in [6, 6.07) is 23.8. The third kappa shape index (κ3) is 5.75. The molecule has 1 N–H and O–H groups in total. The first-order chi connectivity index (χ1) is 14.2. The fourth-order valence-corrected chi connectivity index (χ4v) is 2.57. The first kappa shape index (κ1) is 19.8. The van der Waals surface area contributed by atoms with Crippen LogP contribution < -0.4 is 19.5 Å². The van der Waals surface area contributed by atoms with Crippen molar-refractivity contribution in [2.24, 2.45) is 0 Å². The number of carbonyl (C=O) groups excluding carboxylic acids is 1. The Bertz CT molecular complexity index is 996. The van der Waals surface area contributed by atoms with Gasteiger partial charge in [-0.3, -0.25) is 4.79 Å². The van der Waals surface area contributed by atoms with Gasteiger partial charge in [0.1, 0.15) is 12.4 Å². The van der Waals surface area contributed by atoms with Crippen molar-refractivity contribution in [3.63, 3.8) is 0 Å². The molecule has 0 fully saturated rings. The van der Waals surface area contributed by atoms with Gasteiger partial charge in [-0.1, -0.05) is 30.3 Å². The Balaban J connectivity index is 1.50. The van der Waals surface area contributed by atoms with Gasteiger partial charge in [0.2, 0.25) is 0 Å². The number of methoxy groups -OCH3 is 1. The van der Waals surface area contributed by atoms with Crippen LogP contribution in [0, 0.1) is 11.3 Å². The van der Waals surface area contributed by atoms with E-state index in [4.69, 9.17) is 19.5 Å². The van der Waals surface area contributed by atoms with Gasteiger partial charge in [0.25, 0.3) is 5.91 Å². The number of amides is 1. The summed E-state index contributed by atoms with van der Waals surface area (Å²) >= 11 is 0. The third-order valence-electron chi connectivity index (χ3n) is 4.04. The van der Waals surface area contributed by atoms with Crippen LogP contribution in [0.4, 0.5) is 5.69 Å². The topological polar surface area (TPSA) is 80.6 Å². The molecule has 0 saturated carbocycles. The van der Waals surface area contributed by atoms with E-state index in [1.807, 2.05) is 36.4 Å². The van der Waals surface area contributed by atoms with E-state index in [1.54, 1.807) is 42.5 Å². The smallest absolute Gasteiger partial charge is 0.262 e. The predicted molar refractivity (Wildman–Crippen MR) is 109 cm³/mol. The number of carbonyl (C=O) groups is 1. The molecule has 0 unspecified atom stereocenters. The molecule has 6 heteroatoms. The highest BCUT2D eigenvalue weighted by atomic mass is 16.5. The van der Waals surface area contributed by atoms with E-state index in [2.05, 4.69) is 5.32 Å². The van der Waals surface area contributed by atoms with Crippen LogP contribution in [0.5, 0.6) is 17.2 Å². The number of hydrogen-bond acceptors (Lipinski definition) is 5. The largest absolute Gasteiger partial charge is 0.493 e. The maximum absolute atomic E-state index is 12.1. The van der Waals surface area contributed by atoms with Gasteiger partial charge in [-0.2, -0.15) is 5.26 Å². The Morgan fingerprint density at radius 3 is 2.41 bits per heavy atom. The van der Waals surface area contributed by atoms with Crippen LogP contribution >= 0.6 is 0 Å². The fourth-order valence-electron chi connectivity index (χ4n) is 2.57. The number of rotatable bonds is 8. The molecule has 3 aromatic carbocycles. The summed E-state index contributed by atoms with van der Waals surface area (Å²) < 4.78 is 16.4. The van der Waals surface area contributed by atoms with Gasteiger partial charge in [0.15, 0.2) is 18.1 Å². The molecule has 0 bridgehead atoms. The highest BCUT2D eigenvalue weighted by Gasteiger charge is 2.09. The Morgan fingerprint density at radius 2 is 1.72 bits per heavy atom. The minimum absolute atomic E-state index is 0.186. The Hall–Kier alpha value is -3.98. The number of hydrogen-bond donors (Lipinski definition) is 1. The molecule has 0 aliphatic rings. The molecule has 3 rings (SSSR count). The van der Waals surface area contributed by atoms with Crippen LogP contribution in [-0.4, -0.2) is 19.6 Å². The number of nitrogens with one attached hydrogen (secondary N) is 1. The van der Waals surface area contributed by atoms with Gasteiger partial charge >= 0.3 is 0 Å². The second-order valence-electron chi connectivity index (χ2n) is 6.11. The van der Waals surface area contributed by atoms with E-state index >= 15 is 0 Å². The Labute approximate surface area is 169 Å². The summed E-state index contributed by atoms with van der Waals surface area (Å²) in [5.41, 5.74) is 2.17. The number of nitrogens with zero attached hydrogens (tertiary/aromatic N) is 1. The summed E-state index contributed by atoms with van der Waals surface area (Å²) in [4.78, 5) is 12.1. The van der Waals surface area contributed by atoms with Crippen molar-refractivity contribution in [3.8, 4) is 23.3 Å². The molecule has 0 spiro atoms. The van der Waals surface area contributed by atoms with E-state index < -0.39 is 0 Å². The van der Waals surface area contributed by atoms with Crippen LogP contribution in [0.1, 0.15) is 11.1 Å². The SMILES string of the molecule is COc1cc(C#N)ccc1OCC(=O)Nc1ccc(OCc2ccccc2)cc1. The van der Waals surface area contributed by atoms with Crippen LogP contribution in [0.2, 0.25) is 0 Å². The van der Waals surface area contributed by atoms with Crippen LogP contribution in [0.3, 0.4) is 0 Å². The lowest BCUT2D eigenvalue weighted by molar-refractivity contribution is -0.118. The fraction of sp³-hybridized carbons (Fsp3) is 0.130. The molecule has 0 aliphatic heterocycles. The number of nitriles is 1. The van der Waals surface area contributed by atoms with Crippen LogP contribution in [0.25, 0.3) is 0 Å². The van der Waals surface area contributed by atoms with E-state index in [-0.39, 0.29) is 12.5 Å². The van der Waals surface area contributed by atoms with Crippen molar-refractivity contribution in [3.05, 3.63) is 83.9 Å². The third-order valence-corrected chi connectivity index (χ3v) is 4.04. The zero-order valence-corrected chi connectivity index (χ0v) is 15.9. The van der Waals surface area contributed by atoms with Gasteiger partial charge < -0.3 is 19.5 Å². The highest BCUT2D eigenvalue weighted by Crippen LogP contribution is 2.27. The van der Waals surface area contributed by atoms with Crippen molar-refractivity contribution in [2.45, 2.75) is 6.61 Å². The molecule has 0 atom stereocenters. The predicted octanol–water partition coefficient (Wildman–Crippen LogP) is 4.16. The molecule has 0 saturated heterocycles. The first-order valence-corrected chi connectivity index (χ1v) is 8.95. The lowest BCUT2D eigenvalue weighted by Crippen LogP contribution is -2.20. The molecule has 0 aromatic heterocycles. The van der Waals surface area contributed by atoms with Crippen molar-refractivity contribution in [1.29, 1.82) is 5.26 Å². The maximum atomic E-state index is 12.1. The van der Waals surface area contributed by atoms with Crippen molar-refractivity contribution < 1.29 is 19.0 Å². The molecule has 146 valence electrons. The summed E-state index contributed by atoms with van der Waals surface area (Å²) in [6.07, 6.45) is 0. The molecule has 0 heterocycles. The molecule has 3 aromatic rings. The molecule has 6 nitrogen and oxygen atoms in total. The lowest BCUT2D eigenvalue weighted by Gasteiger charge is -2.11. The summed E-state index contributed by atoms with van der Waals surface area (Å²) in [5.74, 6) is 1.20. The molecule has 1 amide bonds. The standard InChI is InChI=1S/C23H20N2O4/c1-27-22-13-18(14-24)7-12-21(22)29-16-23(26)25-19-8-10-20(11-9-19)28-15-17-5-3-2-4-6-17/h2-13H,15-16H2,1H3,(H,25,26). The van der Waals surface area contributed by atoms with E-state index in [0.29, 0.717) is 35.1 Å². The van der Waals surface area contributed by atoms with Gasteiger partial charge in [-0.15, -0.1) is 0 Å². The van der Waals surface area contributed by atoms with Gasteiger partial charge in [0, 0.05) is 11.8 Å². The van der Waals surface area contributed by atoms with Crippen molar-refractivity contribution in [2.75, 3.05) is 19.0 Å². The van der Waals surface area contributed by atoms with Gasteiger partial charge in [-0.25, -0.2) is 0 Å². The summed E-state index contributed by atoms with van der Waals surface area (Å²) in [5, 5.41) is 11.7. The highest BCUT2D eigenvalue weighted by molar-refractivity contribution is 5.91. The summed E-state index contributed by atoms with van der Waals surface area (Å²) in [6.45, 7) is 0.293. The van der Waals surface area contributed by atoms with Crippen LogP contribution in [0.15, 0.2) is 72.8 Å². The van der Waals surface area contributed by atoms with Crippen LogP contribution in [-0.2, 0) is 11.4 Å². The first-order valence-electron chi connectivity index (χ1n) is 8.95. The minimum atomic E-state index is -0.311. The molecule has 29 heavy (non-hydrogen) atoms. The molecule has 0 radical (unpaired) electrons. The zero-order chi connectivity index (χ0) is 20.5. The second kappa shape index (κ2) is 9.81. The van der Waals surface area contributed by atoms with Crippen molar-refractivity contribution in [1.82, 2.24) is 0 Å². The maximum Gasteiger partial charge on any atom is 0.262 e. The van der Waals surface area contributed by atoms with Gasteiger partial charge in [0.05, 0.1) is 18.7 Å². The number of benzene rings is 3. The average molecular weight is 388 g/mol. The molecule has 0 aliphatic carbocycles. The number of anilines is 1. The monoisotopic (exact) mass is 388 g/mol. The minimum Gasteiger partial charge on any atom is -0.493 e. The second-order valence-corrected chi connectivity index (χ2v) is 6.11. The average Bonchev–Trinajstić information content (AvgIpc) is 2.77. The summed E-state index contributed by atoms with van der Waals surface area (Å²) in [7, 11) is 1.48. The van der Waals surface area contributed by atoms with E-state index in [1.165, 1.54) is 7.11 Å². The lowest BCUT2D eigenvalue weighted by atomic mass is 10.2. The quantitative estimate of drug-likeness (QED) is 0.627. The molecular formula is C23H20N2O4. The van der Waals surface area contributed by atoms with E-state index in [9.17, 15) is 4.79 Å². The number of ether oxygens (including phenoxy) is 3. The van der Waals surface area contributed by atoms with Crippen molar-refractivity contribution >= 4 is 11.6 Å². The van der Waals surface area contributed by atoms with E-state index in [0.717, 1.165) is 5.56 Å².